The third kappa shape index (κ3) is 6.32. The third-order valence-electron chi connectivity index (χ3n) is 6.15. The van der Waals surface area contributed by atoms with Crippen LogP contribution in [0, 0.1) is 0 Å². The summed E-state index contributed by atoms with van der Waals surface area (Å²) in [5.74, 6) is -2.24. The average Bonchev–Trinajstić information content (AvgIpc) is 2.78. The Balaban J connectivity index is 1.86. The van der Waals surface area contributed by atoms with E-state index in [9.17, 15) is 24.6 Å². The number of carbonyl (C=O) groups excluding carboxylic acids is 1. The van der Waals surface area contributed by atoms with Gasteiger partial charge >= 0.3 is 5.69 Å². The van der Waals surface area contributed by atoms with Gasteiger partial charge in [-0.15, -0.1) is 0 Å². The highest BCUT2D eigenvalue weighted by Gasteiger charge is 2.28. The van der Waals surface area contributed by atoms with E-state index in [0.29, 0.717) is 12.8 Å². The number of aromatic nitrogens is 3. The summed E-state index contributed by atoms with van der Waals surface area (Å²) in [5, 5.41) is 27.8. The Morgan fingerprint density at radius 3 is 2.53 bits per heavy atom. The minimum absolute atomic E-state index is 0.0988. The fourth-order valence-corrected chi connectivity index (χ4v) is 4.22. The molecule has 2 aromatic rings. The second kappa shape index (κ2) is 10.8. The van der Waals surface area contributed by atoms with Crippen LogP contribution in [0.5, 0.6) is 0 Å². The number of benzene rings is 1. The van der Waals surface area contributed by atoms with Crippen LogP contribution in [0.3, 0.4) is 0 Å². The van der Waals surface area contributed by atoms with Gasteiger partial charge in [-0.1, -0.05) is 43.7 Å². The SMILES string of the molecule is COC(C)(O)Cn1c(=O)cnn(-c2ccc(Cl)c(C(=O)NCC3(O)CCCCCCC3)c2)c1=O. The maximum absolute atomic E-state index is 12.9. The van der Waals surface area contributed by atoms with Gasteiger partial charge in [-0.05, 0) is 38.0 Å². The molecule has 0 saturated heterocycles. The number of halogens is 1. The van der Waals surface area contributed by atoms with Crippen LogP contribution in [0.1, 0.15) is 62.2 Å². The van der Waals surface area contributed by atoms with Crippen molar-refractivity contribution in [1.82, 2.24) is 19.7 Å². The Hall–Kier alpha value is -2.53. The number of ether oxygens (including phenoxy) is 1. The Morgan fingerprint density at radius 2 is 1.88 bits per heavy atom. The summed E-state index contributed by atoms with van der Waals surface area (Å²) in [6.45, 7) is 1.00. The van der Waals surface area contributed by atoms with E-state index in [0.717, 1.165) is 47.5 Å². The molecule has 1 unspecified atom stereocenters. The Labute approximate surface area is 202 Å². The molecule has 1 aromatic carbocycles. The van der Waals surface area contributed by atoms with Crippen LogP contribution in [0.4, 0.5) is 0 Å². The van der Waals surface area contributed by atoms with Crippen molar-refractivity contribution in [2.24, 2.45) is 0 Å². The first-order valence-electron chi connectivity index (χ1n) is 11.3. The molecule has 1 atom stereocenters. The van der Waals surface area contributed by atoms with Gasteiger partial charge in [0, 0.05) is 13.7 Å². The summed E-state index contributed by atoms with van der Waals surface area (Å²) in [7, 11) is 1.25. The van der Waals surface area contributed by atoms with E-state index in [1.807, 2.05) is 0 Å². The number of methoxy groups -OCH3 is 1. The molecule has 3 N–H and O–H groups in total. The standard InChI is InChI=1S/C23H31ClN4O6/c1-22(32,34-2)15-27-19(29)13-26-28(21(27)31)16-8-9-18(24)17(12-16)20(30)25-14-23(33)10-6-4-3-5-7-11-23/h8-9,12-13,32-33H,3-7,10-11,14-15H2,1-2H3,(H,25,30). The molecular weight excluding hydrogens is 464 g/mol. The molecule has 34 heavy (non-hydrogen) atoms. The molecule has 1 amide bonds. The molecule has 11 heteroatoms. The molecule has 1 fully saturated rings. The van der Waals surface area contributed by atoms with Gasteiger partial charge in [-0.2, -0.15) is 9.78 Å². The summed E-state index contributed by atoms with van der Waals surface area (Å²) in [6, 6.07) is 4.32. The third-order valence-corrected chi connectivity index (χ3v) is 6.48. The van der Waals surface area contributed by atoms with E-state index in [4.69, 9.17) is 16.3 Å². The lowest BCUT2D eigenvalue weighted by atomic mass is 9.87. The predicted molar refractivity (Wildman–Crippen MR) is 126 cm³/mol. The molecule has 1 heterocycles. The number of amides is 1. The predicted octanol–water partition coefficient (Wildman–Crippen LogP) is 1.61. The van der Waals surface area contributed by atoms with Gasteiger partial charge in [0.2, 0.25) is 0 Å². The van der Waals surface area contributed by atoms with Crippen molar-refractivity contribution in [1.29, 1.82) is 0 Å². The molecule has 10 nitrogen and oxygen atoms in total. The number of aliphatic hydroxyl groups is 2. The van der Waals surface area contributed by atoms with E-state index in [-0.39, 0.29) is 22.8 Å². The van der Waals surface area contributed by atoms with Gasteiger partial charge in [0.1, 0.15) is 6.20 Å². The van der Waals surface area contributed by atoms with Crippen molar-refractivity contribution >= 4 is 17.5 Å². The van der Waals surface area contributed by atoms with E-state index in [1.54, 1.807) is 0 Å². The molecule has 186 valence electrons. The molecule has 0 spiro atoms. The highest BCUT2D eigenvalue weighted by Crippen LogP contribution is 2.26. The van der Waals surface area contributed by atoms with Crippen molar-refractivity contribution < 1.29 is 19.7 Å². The van der Waals surface area contributed by atoms with E-state index in [2.05, 4.69) is 10.4 Å². The highest BCUT2D eigenvalue weighted by molar-refractivity contribution is 6.33. The minimum atomic E-state index is -1.75. The minimum Gasteiger partial charge on any atom is -0.388 e. The van der Waals surface area contributed by atoms with Crippen LogP contribution in [0.25, 0.3) is 5.69 Å². The molecule has 1 aliphatic rings. The second-order valence-corrected chi connectivity index (χ2v) is 9.39. The largest absolute Gasteiger partial charge is 0.388 e. The lowest BCUT2D eigenvalue weighted by Crippen LogP contribution is -2.46. The maximum Gasteiger partial charge on any atom is 0.352 e. The number of nitrogens with zero attached hydrogens (tertiary/aromatic N) is 3. The number of hydrogen-bond donors (Lipinski definition) is 3. The summed E-state index contributed by atoms with van der Waals surface area (Å²) in [4.78, 5) is 38.0. The van der Waals surface area contributed by atoms with Gasteiger partial charge in [0.15, 0.2) is 5.79 Å². The Kier molecular flexibility index (Phi) is 8.29. The maximum atomic E-state index is 12.9. The topological polar surface area (TPSA) is 136 Å². The summed E-state index contributed by atoms with van der Waals surface area (Å²) in [6.07, 6.45) is 7.27. The van der Waals surface area contributed by atoms with Crippen LogP contribution < -0.4 is 16.6 Å². The Bertz CT molecular complexity index is 1140. The first-order valence-corrected chi connectivity index (χ1v) is 11.7. The van der Waals surface area contributed by atoms with Gasteiger partial charge < -0.3 is 20.3 Å². The van der Waals surface area contributed by atoms with Crippen molar-refractivity contribution in [3.63, 3.8) is 0 Å². The first kappa shape index (κ1) is 26.1. The molecule has 1 aromatic heterocycles. The average molecular weight is 495 g/mol. The number of nitrogens with one attached hydrogen (secondary N) is 1. The monoisotopic (exact) mass is 494 g/mol. The van der Waals surface area contributed by atoms with Crippen LogP contribution in [-0.2, 0) is 11.3 Å². The van der Waals surface area contributed by atoms with Crippen molar-refractivity contribution in [2.75, 3.05) is 13.7 Å². The molecule has 0 bridgehead atoms. The fourth-order valence-electron chi connectivity index (χ4n) is 4.01. The van der Waals surface area contributed by atoms with Gasteiger partial charge in [0.25, 0.3) is 11.5 Å². The smallest absolute Gasteiger partial charge is 0.352 e. The highest BCUT2D eigenvalue weighted by atomic mass is 35.5. The zero-order valence-electron chi connectivity index (χ0n) is 19.4. The van der Waals surface area contributed by atoms with E-state index < -0.39 is 35.1 Å². The van der Waals surface area contributed by atoms with Gasteiger partial charge in [-0.3, -0.25) is 14.2 Å². The summed E-state index contributed by atoms with van der Waals surface area (Å²) in [5.41, 5.74) is -2.19. The molecule has 0 aliphatic heterocycles. The van der Waals surface area contributed by atoms with Crippen LogP contribution in [-0.4, -0.2) is 55.5 Å². The molecular formula is C23H31ClN4O6. The first-order chi connectivity index (χ1) is 16.1. The number of rotatable bonds is 7. The van der Waals surface area contributed by atoms with E-state index >= 15 is 0 Å². The quantitative estimate of drug-likeness (QED) is 0.497. The molecule has 3 rings (SSSR count). The number of hydrogen-bond acceptors (Lipinski definition) is 7. The number of carbonyl (C=O) groups is 1. The van der Waals surface area contributed by atoms with Crippen molar-refractivity contribution in [2.45, 2.75) is 69.8 Å². The summed E-state index contributed by atoms with van der Waals surface area (Å²) >= 11 is 6.25. The summed E-state index contributed by atoms with van der Waals surface area (Å²) < 4.78 is 6.62. The molecule has 1 aliphatic carbocycles. The Morgan fingerprint density at radius 1 is 1.24 bits per heavy atom. The fraction of sp³-hybridized carbons (Fsp3) is 0.565. The van der Waals surface area contributed by atoms with Crippen LogP contribution >= 0.6 is 11.6 Å². The lowest BCUT2D eigenvalue weighted by Gasteiger charge is -2.30. The van der Waals surface area contributed by atoms with Crippen LogP contribution in [0.2, 0.25) is 5.02 Å². The van der Waals surface area contributed by atoms with Crippen LogP contribution in [0.15, 0.2) is 34.0 Å². The van der Waals surface area contributed by atoms with E-state index in [1.165, 1.54) is 32.2 Å². The van der Waals surface area contributed by atoms with Crippen molar-refractivity contribution in [3.8, 4) is 5.69 Å². The normalized spacial score (nSPS) is 17.9. The molecule has 1 saturated carbocycles. The van der Waals surface area contributed by atoms with Gasteiger partial charge in [0.05, 0.1) is 28.4 Å². The zero-order valence-corrected chi connectivity index (χ0v) is 20.2. The lowest BCUT2D eigenvalue weighted by molar-refractivity contribution is -0.180. The van der Waals surface area contributed by atoms with Crippen molar-refractivity contribution in [3.05, 3.63) is 55.8 Å². The molecule has 0 radical (unpaired) electrons. The second-order valence-electron chi connectivity index (χ2n) is 8.98. The zero-order chi connectivity index (χ0) is 24.9. The van der Waals surface area contributed by atoms with Gasteiger partial charge in [-0.25, -0.2) is 4.79 Å².